The average molecular weight is 314 g/mol. The number of ether oxygens (including phenoxy) is 1. The molecule has 3 heteroatoms. The maximum atomic E-state index is 5.79. The van der Waals surface area contributed by atoms with Crippen LogP contribution in [0.15, 0.2) is 54.6 Å². The van der Waals surface area contributed by atoms with E-state index in [0.29, 0.717) is 0 Å². The van der Waals surface area contributed by atoms with Gasteiger partial charge in [0.2, 0.25) is 0 Å². The Morgan fingerprint density at radius 2 is 1.29 bits per heavy atom. The molecular weight excluding hydrogens is 296 g/mol. The standard InChI is InChI=1S/C21H18N2O/c1-22-16-10-6-4-8-13(16)15-12-18(24-3)19-14-9-5-7-11-17(14)23(2)21(19)20(15)22/h4-12H,1-3H3. The minimum atomic E-state index is 0.936. The molecule has 2 heterocycles. The monoisotopic (exact) mass is 314 g/mol. The van der Waals surface area contributed by atoms with Crippen LogP contribution in [-0.2, 0) is 14.1 Å². The third-order valence-corrected chi connectivity index (χ3v) is 5.22. The van der Waals surface area contributed by atoms with Crippen LogP contribution in [0.1, 0.15) is 0 Å². The molecule has 0 bridgehead atoms. The van der Waals surface area contributed by atoms with Crippen LogP contribution in [0.2, 0.25) is 0 Å². The predicted octanol–water partition coefficient (Wildman–Crippen LogP) is 4.99. The lowest BCUT2D eigenvalue weighted by molar-refractivity contribution is 0.420. The Morgan fingerprint density at radius 1 is 0.708 bits per heavy atom. The fourth-order valence-electron chi connectivity index (χ4n) is 4.14. The van der Waals surface area contributed by atoms with Crippen LogP contribution < -0.4 is 4.74 Å². The summed E-state index contributed by atoms with van der Waals surface area (Å²) in [5.74, 6) is 0.936. The van der Waals surface area contributed by atoms with Gasteiger partial charge < -0.3 is 13.9 Å². The van der Waals surface area contributed by atoms with E-state index in [-0.39, 0.29) is 0 Å². The summed E-state index contributed by atoms with van der Waals surface area (Å²) in [5.41, 5.74) is 4.95. The van der Waals surface area contributed by atoms with Gasteiger partial charge in [0.1, 0.15) is 5.75 Å². The molecule has 0 fully saturated rings. The van der Waals surface area contributed by atoms with Crippen molar-refractivity contribution in [3.05, 3.63) is 54.6 Å². The highest BCUT2D eigenvalue weighted by atomic mass is 16.5. The minimum absolute atomic E-state index is 0.936. The largest absolute Gasteiger partial charge is 0.496 e. The first-order valence-corrected chi connectivity index (χ1v) is 8.13. The number of aromatic nitrogens is 2. The number of aryl methyl sites for hydroxylation is 2. The van der Waals surface area contributed by atoms with E-state index in [0.717, 1.165) is 5.75 Å². The van der Waals surface area contributed by atoms with E-state index in [9.17, 15) is 0 Å². The van der Waals surface area contributed by atoms with E-state index >= 15 is 0 Å². The van der Waals surface area contributed by atoms with Crippen LogP contribution in [0, 0.1) is 0 Å². The molecule has 0 N–H and O–H groups in total. The van der Waals surface area contributed by atoms with Crippen molar-refractivity contribution in [1.29, 1.82) is 0 Å². The zero-order valence-electron chi connectivity index (χ0n) is 14.0. The first-order valence-electron chi connectivity index (χ1n) is 8.13. The summed E-state index contributed by atoms with van der Waals surface area (Å²) in [6, 6.07) is 19.3. The lowest BCUT2D eigenvalue weighted by Gasteiger charge is -2.07. The Morgan fingerprint density at radius 3 is 2.00 bits per heavy atom. The van der Waals surface area contributed by atoms with Crippen molar-refractivity contribution in [2.24, 2.45) is 14.1 Å². The topological polar surface area (TPSA) is 19.1 Å². The fourth-order valence-corrected chi connectivity index (χ4v) is 4.14. The summed E-state index contributed by atoms with van der Waals surface area (Å²) in [4.78, 5) is 0. The molecule has 0 amide bonds. The van der Waals surface area contributed by atoms with Crippen LogP contribution in [0.4, 0.5) is 0 Å². The minimum Gasteiger partial charge on any atom is -0.496 e. The molecule has 3 nitrogen and oxygen atoms in total. The quantitative estimate of drug-likeness (QED) is 0.427. The number of rotatable bonds is 1. The molecular formula is C21H18N2O. The highest BCUT2D eigenvalue weighted by molar-refractivity contribution is 6.24. The maximum absolute atomic E-state index is 5.79. The third-order valence-electron chi connectivity index (χ3n) is 5.22. The first-order chi connectivity index (χ1) is 11.7. The van der Waals surface area contributed by atoms with Crippen LogP contribution in [-0.4, -0.2) is 16.2 Å². The zero-order valence-corrected chi connectivity index (χ0v) is 14.0. The summed E-state index contributed by atoms with van der Waals surface area (Å²) in [5, 5.41) is 4.93. The Kier molecular flexibility index (Phi) is 2.55. The predicted molar refractivity (Wildman–Crippen MR) is 101 cm³/mol. The normalized spacial score (nSPS) is 12.0. The second-order valence-corrected chi connectivity index (χ2v) is 6.35. The Labute approximate surface area is 139 Å². The molecule has 2 aromatic heterocycles. The average Bonchev–Trinajstić information content (AvgIpc) is 3.08. The van der Waals surface area contributed by atoms with Gasteiger partial charge in [0.05, 0.1) is 23.5 Å². The van der Waals surface area contributed by atoms with Crippen LogP contribution >= 0.6 is 0 Å². The molecule has 5 aromatic rings. The Hall–Kier alpha value is -2.94. The molecule has 5 rings (SSSR count). The van der Waals surface area contributed by atoms with Crippen LogP contribution in [0.5, 0.6) is 5.75 Å². The molecule has 0 aliphatic heterocycles. The molecule has 0 unspecified atom stereocenters. The van der Waals surface area contributed by atoms with E-state index in [1.807, 2.05) is 0 Å². The lowest BCUT2D eigenvalue weighted by atomic mass is 10.1. The first kappa shape index (κ1) is 13.5. The SMILES string of the molecule is COc1cc2c3ccccc3n(C)c2c2c1c1ccccc1n2C. The zero-order chi connectivity index (χ0) is 16.4. The van der Waals surface area contributed by atoms with E-state index in [2.05, 4.69) is 77.8 Å². The number of fused-ring (bicyclic) bond motifs is 7. The fraction of sp³-hybridized carbons (Fsp3) is 0.143. The molecule has 0 atom stereocenters. The number of para-hydroxylation sites is 2. The molecule has 118 valence electrons. The molecule has 0 spiro atoms. The van der Waals surface area contributed by atoms with Gasteiger partial charge in [-0.15, -0.1) is 0 Å². The smallest absolute Gasteiger partial charge is 0.129 e. The van der Waals surface area contributed by atoms with Crippen molar-refractivity contribution >= 4 is 43.6 Å². The summed E-state index contributed by atoms with van der Waals surface area (Å²) < 4.78 is 10.4. The van der Waals surface area contributed by atoms with Crippen molar-refractivity contribution in [1.82, 2.24) is 9.13 Å². The lowest BCUT2D eigenvalue weighted by Crippen LogP contribution is -1.93. The number of nitrogens with zero attached hydrogens (tertiary/aromatic N) is 2. The number of benzene rings is 3. The Bertz CT molecular complexity index is 1260. The van der Waals surface area contributed by atoms with E-state index in [1.165, 1.54) is 43.6 Å². The highest BCUT2D eigenvalue weighted by Crippen LogP contribution is 2.42. The Balaban J connectivity index is 2.20. The van der Waals surface area contributed by atoms with Crippen LogP contribution in [0.3, 0.4) is 0 Å². The molecule has 0 saturated heterocycles. The number of methoxy groups -OCH3 is 1. The summed E-state index contributed by atoms with van der Waals surface area (Å²) in [7, 11) is 6.04. The molecule has 0 saturated carbocycles. The second-order valence-electron chi connectivity index (χ2n) is 6.35. The van der Waals surface area contributed by atoms with Crippen molar-refractivity contribution in [2.75, 3.05) is 7.11 Å². The third kappa shape index (κ3) is 1.47. The molecule has 24 heavy (non-hydrogen) atoms. The number of hydrogen-bond donors (Lipinski definition) is 0. The van der Waals surface area contributed by atoms with E-state index < -0.39 is 0 Å². The second kappa shape index (κ2) is 4.54. The maximum Gasteiger partial charge on any atom is 0.129 e. The summed E-state index contributed by atoms with van der Waals surface area (Å²) in [6.45, 7) is 0. The van der Waals surface area contributed by atoms with Gasteiger partial charge in [-0.3, -0.25) is 0 Å². The van der Waals surface area contributed by atoms with Crippen molar-refractivity contribution in [2.45, 2.75) is 0 Å². The van der Waals surface area contributed by atoms with E-state index in [1.54, 1.807) is 7.11 Å². The van der Waals surface area contributed by atoms with Crippen molar-refractivity contribution in [3.63, 3.8) is 0 Å². The van der Waals surface area contributed by atoms with Gasteiger partial charge >= 0.3 is 0 Å². The van der Waals surface area contributed by atoms with Crippen LogP contribution in [0.25, 0.3) is 43.6 Å². The molecule has 3 aromatic carbocycles. The molecule has 0 radical (unpaired) electrons. The van der Waals surface area contributed by atoms with Gasteiger partial charge in [0.15, 0.2) is 0 Å². The van der Waals surface area contributed by atoms with Crippen molar-refractivity contribution < 1.29 is 4.74 Å². The van der Waals surface area contributed by atoms with Gasteiger partial charge in [0, 0.05) is 41.3 Å². The molecule has 0 aliphatic carbocycles. The summed E-state index contributed by atoms with van der Waals surface area (Å²) in [6.07, 6.45) is 0. The van der Waals surface area contributed by atoms with E-state index in [4.69, 9.17) is 4.74 Å². The van der Waals surface area contributed by atoms with Gasteiger partial charge in [-0.25, -0.2) is 0 Å². The highest BCUT2D eigenvalue weighted by Gasteiger charge is 2.20. The molecule has 0 aliphatic rings. The van der Waals surface area contributed by atoms with Gasteiger partial charge in [0.25, 0.3) is 0 Å². The van der Waals surface area contributed by atoms with Crippen molar-refractivity contribution in [3.8, 4) is 5.75 Å². The number of hydrogen-bond acceptors (Lipinski definition) is 1. The van der Waals surface area contributed by atoms with Gasteiger partial charge in [-0.1, -0.05) is 36.4 Å². The van der Waals surface area contributed by atoms with Gasteiger partial charge in [-0.05, 0) is 18.2 Å². The van der Waals surface area contributed by atoms with Gasteiger partial charge in [-0.2, -0.15) is 0 Å². The summed E-state index contributed by atoms with van der Waals surface area (Å²) >= 11 is 0.